The maximum absolute atomic E-state index is 12.3. The van der Waals surface area contributed by atoms with Crippen LogP contribution < -0.4 is 0 Å². The third kappa shape index (κ3) is 3.46. The number of rotatable bonds is 3. The Kier molecular flexibility index (Phi) is 4.56. The first-order valence-corrected chi connectivity index (χ1v) is 10.1. The fourth-order valence-electron chi connectivity index (χ4n) is 2.27. The Bertz CT molecular complexity index is 917. The van der Waals surface area contributed by atoms with Gasteiger partial charge in [0.15, 0.2) is 10.2 Å². The van der Waals surface area contributed by atoms with Crippen LogP contribution in [0.2, 0.25) is 0 Å². The van der Waals surface area contributed by atoms with Crippen LogP contribution in [0.3, 0.4) is 0 Å². The standard InChI is InChI=1S/C17H12N4OS3/c18-14-13(9-12-7-4-8-23-12)15(22)19-16-21(14)20-17(25-16)24-10-11-5-2-1-3-6-11/h1-9,18H,10H2/b13-9-,18-14?. The van der Waals surface area contributed by atoms with Gasteiger partial charge in [-0.1, -0.05) is 48.2 Å². The van der Waals surface area contributed by atoms with Gasteiger partial charge in [-0.05, 0) is 34.8 Å². The van der Waals surface area contributed by atoms with Crippen molar-refractivity contribution in [3.8, 4) is 0 Å². The summed E-state index contributed by atoms with van der Waals surface area (Å²) in [6.07, 6.45) is 1.70. The highest BCUT2D eigenvalue weighted by Gasteiger charge is 2.35. The molecule has 0 fully saturated rings. The average molecular weight is 385 g/mol. The van der Waals surface area contributed by atoms with Gasteiger partial charge in [-0.3, -0.25) is 10.2 Å². The summed E-state index contributed by atoms with van der Waals surface area (Å²) in [5.41, 5.74) is 1.47. The van der Waals surface area contributed by atoms with Crippen molar-refractivity contribution in [2.45, 2.75) is 5.75 Å². The number of hydrazone groups is 1. The van der Waals surface area contributed by atoms with Crippen LogP contribution in [-0.4, -0.2) is 26.3 Å². The lowest BCUT2D eigenvalue weighted by atomic mass is 10.2. The summed E-state index contributed by atoms with van der Waals surface area (Å²) in [6, 6.07) is 13.9. The van der Waals surface area contributed by atoms with E-state index in [1.807, 2.05) is 35.7 Å². The lowest BCUT2D eigenvalue weighted by molar-refractivity contribution is -0.114. The molecule has 5 nitrogen and oxygen atoms in total. The summed E-state index contributed by atoms with van der Waals surface area (Å²) in [5.74, 6) is 0.473. The number of nitrogens with zero attached hydrogens (tertiary/aromatic N) is 3. The molecular weight excluding hydrogens is 372 g/mol. The largest absolute Gasteiger partial charge is 0.283 e. The number of thioether (sulfide) groups is 2. The Morgan fingerprint density at radius 2 is 2.04 bits per heavy atom. The van der Waals surface area contributed by atoms with Crippen molar-refractivity contribution in [3.05, 3.63) is 63.9 Å². The molecule has 1 N–H and O–H groups in total. The van der Waals surface area contributed by atoms with Crippen LogP contribution in [0.1, 0.15) is 10.4 Å². The predicted molar refractivity (Wildman–Crippen MR) is 107 cm³/mol. The minimum Gasteiger partial charge on any atom is -0.282 e. The fourth-order valence-corrected chi connectivity index (χ4v) is 4.81. The maximum Gasteiger partial charge on any atom is 0.283 e. The number of fused-ring (bicyclic) bond motifs is 1. The molecule has 0 spiro atoms. The zero-order valence-corrected chi connectivity index (χ0v) is 15.3. The van der Waals surface area contributed by atoms with Crippen LogP contribution in [0.25, 0.3) is 6.08 Å². The summed E-state index contributed by atoms with van der Waals surface area (Å²) in [6.45, 7) is 0. The number of carbonyl (C=O) groups excluding carboxylic acids is 1. The summed E-state index contributed by atoms with van der Waals surface area (Å²) < 4.78 is 0.789. The molecule has 2 aliphatic rings. The van der Waals surface area contributed by atoms with Gasteiger partial charge in [0.2, 0.25) is 5.17 Å². The van der Waals surface area contributed by atoms with E-state index in [4.69, 9.17) is 5.41 Å². The molecule has 0 saturated heterocycles. The fraction of sp³-hybridized carbons (Fsp3) is 0.0588. The average Bonchev–Trinajstić information content (AvgIpc) is 3.27. The number of benzene rings is 1. The molecule has 1 amide bonds. The second-order valence-electron chi connectivity index (χ2n) is 5.18. The molecule has 0 aliphatic carbocycles. The molecule has 8 heteroatoms. The highest BCUT2D eigenvalue weighted by Crippen LogP contribution is 2.33. The lowest BCUT2D eigenvalue weighted by Gasteiger charge is -2.19. The number of amides is 1. The first kappa shape index (κ1) is 16.3. The van der Waals surface area contributed by atoms with E-state index in [0.717, 1.165) is 15.0 Å². The Morgan fingerprint density at radius 1 is 1.20 bits per heavy atom. The van der Waals surface area contributed by atoms with E-state index < -0.39 is 0 Å². The zero-order valence-electron chi connectivity index (χ0n) is 12.9. The Hall–Kier alpha value is -2.16. The topological polar surface area (TPSA) is 68.9 Å². The van der Waals surface area contributed by atoms with Crippen LogP contribution in [0.5, 0.6) is 0 Å². The molecule has 1 aromatic heterocycles. The first-order chi connectivity index (χ1) is 12.2. The van der Waals surface area contributed by atoms with E-state index in [9.17, 15) is 4.79 Å². The lowest BCUT2D eigenvalue weighted by Crippen LogP contribution is -2.35. The first-order valence-electron chi connectivity index (χ1n) is 7.41. The van der Waals surface area contributed by atoms with Crippen LogP contribution in [-0.2, 0) is 10.5 Å². The highest BCUT2D eigenvalue weighted by atomic mass is 32.2. The molecule has 124 valence electrons. The van der Waals surface area contributed by atoms with E-state index in [2.05, 4.69) is 22.2 Å². The van der Waals surface area contributed by atoms with Crippen molar-refractivity contribution in [3.63, 3.8) is 0 Å². The zero-order chi connectivity index (χ0) is 17.2. The van der Waals surface area contributed by atoms with Crippen molar-refractivity contribution in [1.82, 2.24) is 5.01 Å². The van der Waals surface area contributed by atoms with E-state index in [-0.39, 0.29) is 17.3 Å². The SMILES string of the molecule is N=C1/C(=C/c2cccs2)C(=O)N=C2SC(SCc3ccccc3)=NN12. The number of amidine groups is 2. The third-order valence-electron chi connectivity index (χ3n) is 3.47. The number of nitrogens with one attached hydrogen (secondary N) is 1. The van der Waals surface area contributed by atoms with Crippen molar-refractivity contribution in [2.24, 2.45) is 10.1 Å². The van der Waals surface area contributed by atoms with E-state index >= 15 is 0 Å². The molecule has 3 heterocycles. The number of hydrogen-bond donors (Lipinski definition) is 1. The number of thiophene rings is 1. The summed E-state index contributed by atoms with van der Waals surface area (Å²) in [7, 11) is 0. The number of aliphatic imine (C=N–C) groups is 1. The molecule has 0 saturated carbocycles. The van der Waals surface area contributed by atoms with Crippen LogP contribution in [0.4, 0.5) is 0 Å². The van der Waals surface area contributed by atoms with Gasteiger partial charge in [0.05, 0.1) is 5.57 Å². The van der Waals surface area contributed by atoms with Gasteiger partial charge in [0.25, 0.3) is 5.91 Å². The molecule has 0 bridgehead atoms. The van der Waals surface area contributed by atoms with Crippen LogP contribution in [0, 0.1) is 5.41 Å². The van der Waals surface area contributed by atoms with E-state index in [1.54, 1.807) is 17.8 Å². The molecule has 0 atom stereocenters. The van der Waals surface area contributed by atoms with Gasteiger partial charge in [-0.15, -0.1) is 16.4 Å². The monoisotopic (exact) mass is 384 g/mol. The second kappa shape index (κ2) is 6.99. The number of carbonyl (C=O) groups is 1. The highest BCUT2D eigenvalue weighted by molar-refractivity contribution is 8.45. The van der Waals surface area contributed by atoms with Gasteiger partial charge < -0.3 is 0 Å². The molecule has 0 radical (unpaired) electrons. The predicted octanol–water partition coefficient (Wildman–Crippen LogP) is 4.26. The quantitative estimate of drug-likeness (QED) is 0.803. The normalized spacial score (nSPS) is 18.4. The van der Waals surface area contributed by atoms with Gasteiger partial charge in [0.1, 0.15) is 0 Å². The van der Waals surface area contributed by atoms with Crippen molar-refractivity contribution in [2.75, 3.05) is 0 Å². The second-order valence-corrected chi connectivity index (χ2v) is 8.33. The molecule has 0 unspecified atom stereocenters. The smallest absolute Gasteiger partial charge is 0.282 e. The van der Waals surface area contributed by atoms with Gasteiger partial charge in [0, 0.05) is 10.6 Å². The van der Waals surface area contributed by atoms with E-state index in [1.165, 1.54) is 33.7 Å². The van der Waals surface area contributed by atoms with Crippen molar-refractivity contribution in [1.29, 1.82) is 5.41 Å². The van der Waals surface area contributed by atoms with Gasteiger partial charge >= 0.3 is 0 Å². The van der Waals surface area contributed by atoms with Crippen LogP contribution in [0.15, 0.2) is 63.5 Å². The van der Waals surface area contributed by atoms with Crippen molar-refractivity contribution >= 4 is 62.2 Å². The molecule has 1 aromatic carbocycles. The maximum atomic E-state index is 12.3. The molecule has 2 aromatic rings. The summed E-state index contributed by atoms with van der Waals surface area (Å²) in [5, 5.41) is 16.6. The molecule has 2 aliphatic heterocycles. The van der Waals surface area contributed by atoms with Crippen LogP contribution >= 0.6 is 34.9 Å². The van der Waals surface area contributed by atoms with Crippen molar-refractivity contribution < 1.29 is 4.79 Å². The minimum absolute atomic E-state index is 0.0752. The minimum atomic E-state index is -0.387. The number of hydrogen-bond acceptors (Lipinski definition) is 6. The Morgan fingerprint density at radius 3 is 2.80 bits per heavy atom. The van der Waals surface area contributed by atoms with E-state index in [0.29, 0.717) is 5.17 Å². The Balaban J connectivity index is 1.53. The van der Waals surface area contributed by atoms with Gasteiger partial charge in [-0.25, -0.2) is 0 Å². The molecule has 4 rings (SSSR count). The summed E-state index contributed by atoms with van der Waals surface area (Å²) >= 11 is 4.43. The summed E-state index contributed by atoms with van der Waals surface area (Å²) in [4.78, 5) is 17.3. The Labute approximate surface area is 157 Å². The molecular formula is C17H12N4OS3. The van der Waals surface area contributed by atoms with Gasteiger partial charge in [-0.2, -0.15) is 10.0 Å². The molecule has 25 heavy (non-hydrogen) atoms. The third-order valence-corrected chi connectivity index (χ3v) is 6.40.